The average molecular weight is 971 g/mol. The molecule has 400 valence electrons. The minimum absolute atomic E-state index is 0.180. The Labute approximate surface area is 423 Å². The maximum Gasteiger partial charge on any atom is 0.220 e. The fourth-order valence-corrected chi connectivity index (χ4v) is 8.77. The summed E-state index contributed by atoms with van der Waals surface area (Å²) in [5, 5.41) is 54.0. The van der Waals surface area contributed by atoms with Gasteiger partial charge in [0.25, 0.3) is 0 Å². The van der Waals surface area contributed by atoms with Crippen LogP contribution in [0, 0.1) is 0 Å². The summed E-state index contributed by atoms with van der Waals surface area (Å²) >= 11 is 0. The summed E-state index contributed by atoms with van der Waals surface area (Å²) in [4.78, 5) is 12.9. The zero-order valence-corrected chi connectivity index (χ0v) is 44.3. The van der Waals surface area contributed by atoms with Crippen molar-refractivity contribution in [3.8, 4) is 0 Å². The van der Waals surface area contributed by atoms with E-state index < -0.39 is 49.5 Å². The van der Waals surface area contributed by atoms with E-state index in [2.05, 4.69) is 79.9 Å². The summed E-state index contributed by atoms with van der Waals surface area (Å²) in [5.74, 6) is -0.180. The lowest BCUT2D eigenvalue weighted by atomic mass is 9.99. The fraction of sp³-hybridized carbons (Fsp3) is 0.783. The maximum atomic E-state index is 12.9. The lowest BCUT2D eigenvalue weighted by molar-refractivity contribution is -0.302. The number of ether oxygens (including phenoxy) is 2. The van der Waals surface area contributed by atoms with Crippen LogP contribution in [0.1, 0.15) is 245 Å². The van der Waals surface area contributed by atoms with Gasteiger partial charge in [-0.2, -0.15) is 0 Å². The Morgan fingerprint density at radius 2 is 0.899 bits per heavy atom. The highest BCUT2D eigenvalue weighted by atomic mass is 16.7. The Hall–Kier alpha value is -2.37. The third-order valence-electron chi connectivity index (χ3n) is 13.3. The highest BCUT2D eigenvalue weighted by Gasteiger charge is 2.44. The molecule has 0 spiro atoms. The van der Waals surface area contributed by atoms with E-state index in [0.717, 1.165) is 70.6 Å². The third kappa shape index (κ3) is 38.9. The van der Waals surface area contributed by atoms with Crippen molar-refractivity contribution in [2.75, 3.05) is 13.2 Å². The van der Waals surface area contributed by atoms with Gasteiger partial charge in [-0.05, 0) is 64.2 Å². The molecule has 1 rings (SSSR count). The monoisotopic (exact) mass is 970 g/mol. The second-order valence-corrected chi connectivity index (χ2v) is 19.7. The molecule has 7 atom stereocenters. The van der Waals surface area contributed by atoms with Crippen molar-refractivity contribution < 1.29 is 39.8 Å². The van der Waals surface area contributed by atoms with Gasteiger partial charge in [-0.15, -0.1) is 0 Å². The van der Waals surface area contributed by atoms with Gasteiger partial charge in [0.1, 0.15) is 24.4 Å². The molecule has 9 heteroatoms. The van der Waals surface area contributed by atoms with Crippen LogP contribution in [0.15, 0.2) is 72.9 Å². The largest absolute Gasteiger partial charge is 0.394 e. The van der Waals surface area contributed by atoms with Crippen LogP contribution in [-0.4, -0.2) is 87.5 Å². The van der Waals surface area contributed by atoms with Crippen molar-refractivity contribution in [1.82, 2.24) is 5.32 Å². The van der Waals surface area contributed by atoms with Crippen molar-refractivity contribution in [1.29, 1.82) is 0 Å². The molecule has 1 aliphatic heterocycles. The van der Waals surface area contributed by atoms with Gasteiger partial charge in [0, 0.05) is 6.42 Å². The topological polar surface area (TPSA) is 149 Å². The molecule has 69 heavy (non-hydrogen) atoms. The summed E-state index contributed by atoms with van der Waals surface area (Å²) in [7, 11) is 0. The van der Waals surface area contributed by atoms with Gasteiger partial charge in [-0.25, -0.2) is 0 Å². The Balaban J connectivity index is 1.98. The number of aliphatic hydroxyl groups excluding tert-OH is 5. The minimum atomic E-state index is -1.56. The van der Waals surface area contributed by atoms with Gasteiger partial charge in [0.15, 0.2) is 6.29 Å². The number of unbranched alkanes of at least 4 members (excludes halogenated alkanes) is 28. The van der Waals surface area contributed by atoms with Crippen LogP contribution in [0.5, 0.6) is 0 Å². The molecule has 0 radical (unpaired) electrons. The van der Waals surface area contributed by atoms with Gasteiger partial charge >= 0.3 is 0 Å². The molecular formula is C60H107NO8. The second kappa shape index (κ2) is 49.2. The Morgan fingerprint density at radius 3 is 1.33 bits per heavy atom. The van der Waals surface area contributed by atoms with Gasteiger partial charge in [0.05, 0.1) is 25.4 Å². The molecule has 0 aromatic heterocycles. The number of carbonyl (C=O) groups excluding carboxylic acids is 1. The Bertz CT molecular complexity index is 1310. The van der Waals surface area contributed by atoms with Crippen molar-refractivity contribution in [3.63, 3.8) is 0 Å². The van der Waals surface area contributed by atoms with Crippen LogP contribution in [0.25, 0.3) is 0 Å². The van der Waals surface area contributed by atoms with Crippen molar-refractivity contribution in [2.45, 2.75) is 288 Å². The van der Waals surface area contributed by atoms with Gasteiger partial charge in [0.2, 0.25) is 5.91 Å². The van der Waals surface area contributed by atoms with Gasteiger partial charge < -0.3 is 40.3 Å². The van der Waals surface area contributed by atoms with E-state index in [0.29, 0.717) is 6.42 Å². The van der Waals surface area contributed by atoms with Crippen LogP contribution in [-0.2, 0) is 14.3 Å². The molecule has 0 aromatic carbocycles. The molecule has 0 saturated carbocycles. The molecule has 6 N–H and O–H groups in total. The lowest BCUT2D eigenvalue weighted by Crippen LogP contribution is -2.60. The zero-order valence-electron chi connectivity index (χ0n) is 44.3. The summed E-state index contributed by atoms with van der Waals surface area (Å²) in [6, 6.07) is -0.801. The first-order valence-electron chi connectivity index (χ1n) is 28.7. The van der Waals surface area contributed by atoms with Crippen LogP contribution in [0.3, 0.4) is 0 Å². The highest BCUT2D eigenvalue weighted by Crippen LogP contribution is 2.23. The van der Waals surface area contributed by atoms with Crippen LogP contribution in [0.4, 0.5) is 0 Å². The highest BCUT2D eigenvalue weighted by molar-refractivity contribution is 5.76. The van der Waals surface area contributed by atoms with Crippen molar-refractivity contribution in [2.24, 2.45) is 0 Å². The number of nitrogens with one attached hydrogen (secondary N) is 1. The number of carbonyl (C=O) groups is 1. The van der Waals surface area contributed by atoms with Crippen molar-refractivity contribution in [3.05, 3.63) is 72.9 Å². The molecule has 1 heterocycles. The second-order valence-electron chi connectivity index (χ2n) is 19.7. The number of rotatable bonds is 48. The Morgan fingerprint density at radius 1 is 0.507 bits per heavy atom. The average Bonchev–Trinajstić information content (AvgIpc) is 3.35. The first kappa shape index (κ1) is 64.6. The molecule has 1 saturated heterocycles. The van der Waals surface area contributed by atoms with E-state index in [-0.39, 0.29) is 12.5 Å². The summed E-state index contributed by atoms with van der Waals surface area (Å²) in [6.45, 7) is 3.60. The SMILES string of the molecule is CC/C=C\C/C=C\C/C=C\C/C=C\C/C=C\CCCCCCCCCCCCCCCCCCCCCCCCCC(=O)NC(COC1OC(CO)C(O)C(O)C1O)C(O)/C=C/CCCCCCC. The minimum Gasteiger partial charge on any atom is -0.394 e. The zero-order chi connectivity index (χ0) is 50.1. The van der Waals surface area contributed by atoms with Crippen LogP contribution in [0.2, 0.25) is 0 Å². The van der Waals surface area contributed by atoms with Gasteiger partial charge in [-0.3, -0.25) is 4.79 Å². The molecule has 0 aliphatic carbocycles. The standard InChI is InChI=1S/C60H107NO8/c1-3-5-7-9-11-12-13-14-15-16-17-18-19-20-21-22-23-24-25-26-27-28-29-30-31-32-33-34-35-36-37-38-39-40-41-42-44-46-48-50-56(64)61-53(54(63)49-47-45-43-10-8-6-4-2)52-68-60-59(67)58(66)57(65)55(51-62)69-60/h5,7,11-12,14-15,17-18,20-21,47,49,53-55,57-60,62-63,65-67H,3-4,6,8-10,13,16,19,22-46,48,50-52H2,1-2H3,(H,61,64)/b7-5-,12-11-,15-14-,18-17-,21-20-,49-47+. The van der Waals surface area contributed by atoms with Crippen molar-refractivity contribution >= 4 is 5.91 Å². The van der Waals surface area contributed by atoms with E-state index in [1.807, 2.05) is 6.08 Å². The smallest absolute Gasteiger partial charge is 0.220 e. The Kier molecular flexibility index (Phi) is 46.1. The molecular weight excluding hydrogens is 863 g/mol. The normalized spacial score (nSPS) is 20.0. The molecule has 9 nitrogen and oxygen atoms in total. The van der Waals surface area contributed by atoms with E-state index >= 15 is 0 Å². The van der Waals surface area contributed by atoms with E-state index in [9.17, 15) is 30.3 Å². The number of amides is 1. The predicted molar refractivity (Wildman–Crippen MR) is 290 cm³/mol. The van der Waals surface area contributed by atoms with E-state index in [1.165, 1.54) is 154 Å². The predicted octanol–water partition coefficient (Wildman–Crippen LogP) is 14.1. The third-order valence-corrected chi connectivity index (χ3v) is 13.3. The molecule has 0 bridgehead atoms. The summed E-state index contributed by atoms with van der Waals surface area (Å²) in [5.41, 5.74) is 0. The number of hydrogen-bond donors (Lipinski definition) is 6. The molecule has 7 unspecified atom stereocenters. The lowest BCUT2D eigenvalue weighted by Gasteiger charge is -2.40. The summed E-state index contributed by atoms with van der Waals surface area (Å²) < 4.78 is 11.2. The molecule has 1 amide bonds. The number of aliphatic hydroxyl groups is 5. The van der Waals surface area contributed by atoms with E-state index in [1.54, 1.807) is 6.08 Å². The molecule has 0 aromatic rings. The van der Waals surface area contributed by atoms with Crippen LogP contribution < -0.4 is 5.32 Å². The van der Waals surface area contributed by atoms with Crippen LogP contribution >= 0.6 is 0 Å². The maximum absolute atomic E-state index is 12.9. The molecule has 1 fully saturated rings. The molecule has 1 aliphatic rings. The number of allylic oxidation sites excluding steroid dienone is 11. The first-order chi connectivity index (χ1) is 33.8. The quantitative estimate of drug-likeness (QED) is 0.0261. The first-order valence-corrected chi connectivity index (χ1v) is 28.7. The number of hydrogen-bond acceptors (Lipinski definition) is 8. The van der Waals surface area contributed by atoms with E-state index in [4.69, 9.17) is 9.47 Å². The summed E-state index contributed by atoms with van der Waals surface area (Å²) in [6.07, 6.45) is 61.7. The van der Waals surface area contributed by atoms with Gasteiger partial charge in [-0.1, -0.05) is 247 Å². The fourth-order valence-electron chi connectivity index (χ4n) is 8.77.